The number of rotatable bonds is 5. The minimum atomic E-state index is -0.466. The molecule has 1 aliphatic heterocycles. The van der Waals surface area contributed by atoms with Crippen molar-refractivity contribution < 1.29 is 9.90 Å². The van der Waals surface area contributed by atoms with E-state index in [0.717, 1.165) is 24.3 Å². The van der Waals surface area contributed by atoms with Crippen LogP contribution in [0, 0.1) is 5.92 Å². The van der Waals surface area contributed by atoms with Gasteiger partial charge in [0, 0.05) is 29.9 Å². The maximum atomic E-state index is 12.2. The first-order chi connectivity index (χ1) is 9.13. The van der Waals surface area contributed by atoms with Gasteiger partial charge in [-0.25, -0.2) is 0 Å². The van der Waals surface area contributed by atoms with Crippen molar-refractivity contribution in [3.8, 4) is 0 Å². The van der Waals surface area contributed by atoms with Gasteiger partial charge in [0.1, 0.15) is 0 Å². The van der Waals surface area contributed by atoms with E-state index >= 15 is 0 Å². The SMILES string of the molecule is CC(CN)C(=O)N1CCCC1CC(O)c1cccs1. The largest absolute Gasteiger partial charge is 0.387 e. The summed E-state index contributed by atoms with van der Waals surface area (Å²) in [7, 11) is 0. The Kier molecular flexibility index (Phi) is 4.96. The highest BCUT2D eigenvalue weighted by atomic mass is 32.1. The molecule has 106 valence electrons. The van der Waals surface area contributed by atoms with Crippen LogP contribution in [0.25, 0.3) is 0 Å². The normalized spacial score (nSPS) is 22.5. The highest BCUT2D eigenvalue weighted by Crippen LogP contribution is 2.30. The number of amides is 1. The third-order valence-corrected chi connectivity index (χ3v) is 4.78. The molecule has 3 atom stereocenters. The van der Waals surface area contributed by atoms with Crippen LogP contribution in [0.2, 0.25) is 0 Å². The van der Waals surface area contributed by atoms with Gasteiger partial charge in [-0.1, -0.05) is 13.0 Å². The number of aliphatic hydroxyl groups is 1. The lowest BCUT2D eigenvalue weighted by Crippen LogP contribution is -2.41. The molecule has 0 saturated carbocycles. The van der Waals surface area contributed by atoms with E-state index in [2.05, 4.69) is 0 Å². The molecule has 5 heteroatoms. The van der Waals surface area contributed by atoms with Crippen LogP contribution in [-0.4, -0.2) is 35.0 Å². The fraction of sp³-hybridized carbons (Fsp3) is 0.643. The standard InChI is InChI=1S/C14H22N2O2S/c1-10(9-15)14(18)16-6-2-4-11(16)8-12(17)13-5-3-7-19-13/h3,5,7,10-12,17H,2,4,6,8-9,15H2,1H3. The van der Waals surface area contributed by atoms with Gasteiger partial charge in [-0.2, -0.15) is 0 Å². The fourth-order valence-electron chi connectivity index (χ4n) is 2.61. The molecule has 1 fully saturated rings. The van der Waals surface area contributed by atoms with Crippen LogP contribution >= 0.6 is 11.3 Å². The maximum Gasteiger partial charge on any atom is 0.226 e. The molecule has 0 spiro atoms. The summed E-state index contributed by atoms with van der Waals surface area (Å²) < 4.78 is 0. The van der Waals surface area contributed by atoms with E-state index in [1.165, 1.54) is 0 Å². The van der Waals surface area contributed by atoms with Gasteiger partial charge >= 0.3 is 0 Å². The Labute approximate surface area is 118 Å². The van der Waals surface area contributed by atoms with E-state index in [0.29, 0.717) is 13.0 Å². The fourth-order valence-corrected chi connectivity index (χ4v) is 3.33. The average Bonchev–Trinajstić information content (AvgIpc) is 3.07. The first kappa shape index (κ1) is 14.5. The quantitative estimate of drug-likeness (QED) is 0.865. The summed E-state index contributed by atoms with van der Waals surface area (Å²) >= 11 is 1.56. The molecule has 3 N–H and O–H groups in total. The summed E-state index contributed by atoms with van der Waals surface area (Å²) in [5, 5.41) is 12.2. The number of likely N-dealkylation sites (tertiary alicyclic amines) is 1. The predicted molar refractivity (Wildman–Crippen MR) is 76.8 cm³/mol. The van der Waals surface area contributed by atoms with Crippen LogP contribution in [-0.2, 0) is 4.79 Å². The molecule has 2 heterocycles. The van der Waals surface area contributed by atoms with E-state index in [1.54, 1.807) is 11.3 Å². The van der Waals surface area contributed by atoms with Gasteiger partial charge in [0.05, 0.1) is 6.10 Å². The monoisotopic (exact) mass is 282 g/mol. The number of carbonyl (C=O) groups is 1. The smallest absolute Gasteiger partial charge is 0.226 e. The second-order valence-electron chi connectivity index (χ2n) is 5.23. The van der Waals surface area contributed by atoms with Crippen molar-refractivity contribution in [3.63, 3.8) is 0 Å². The van der Waals surface area contributed by atoms with Crippen LogP contribution < -0.4 is 5.73 Å². The van der Waals surface area contributed by atoms with Crippen LogP contribution in [0.1, 0.15) is 37.2 Å². The van der Waals surface area contributed by atoms with Crippen molar-refractivity contribution >= 4 is 17.2 Å². The van der Waals surface area contributed by atoms with Crippen molar-refractivity contribution in [2.45, 2.75) is 38.3 Å². The van der Waals surface area contributed by atoms with Gasteiger partial charge < -0.3 is 15.7 Å². The van der Waals surface area contributed by atoms with Crippen molar-refractivity contribution in [3.05, 3.63) is 22.4 Å². The minimum absolute atomic E-state index is 0.125. The topological polar surface area (TPSA) is 66.6 Å². The maximum absolute atomic E-state index is 12.2. The van der Waals surface area contributed by atoms with Crippen molar-refractivity contribution in [2.24, 2.45) is 11.7 Å². The highest BCUT2D eigenvalue weighted by molar-refractivity contribution is 7.10. The molecule has 0 bridgehead atoms. The number of nitrogens with zero attached hydrogens (tertiary/aromatic N) is 1. The first-order valence-corrected chi connectivity index (χ1v) is 7.73. The third-order valence-electron chi connectivity index (χ3n) is 3.80. The zero-order valence-corrected chi connectivity index (χ0v) is 12.1. The number of hydrogen-bond donors (Lipinski definition) is 2. The summed E-state index contributed by atoms with van der Waals surface area (Å²) in [4.78, 5) is 15.1. The molecule has 1 aromatic rings. The summed E-state index contributed by atoms with van der Waals surface area (Å²) in [6, 6.07) is 4.04. The van der Waals surface area contributed by atoms with Crippen LogP contribution in [0.15, 0.2) is 17.5 Å². The zero-order valence-electron chi connectivity index (χ0n) is 11.3. The van der Waals surface area contributed by atoms with Gasteiger partial charge in [-0.05, 0) is 30.7 Å². The molecule has 1 saturated heterocycles. The molecular formula is C14H22N2O2S. The molecule has 3 unspecified atom stereocenters. The summed E-state index contributed by atoms with van der Waals surface area (Å²) in [6.45, 7) is 3.05. The number of carbonyl (C=O) groups excluding carboxylic acids is 1. The molecule has 0 aliphatic carbocycles. The highest BCUT2D eigenvalue weighted by Gasteiger charge is 2.32. The minimum Gasteiger partial charge on any atom is -0.387 e. The lowest BCUT2D eigenvalue weighted by Gasteiger charge is -2.28. The van der Waals surface area contributed by atoms with Gasteiger partial charge in [-0.3, -0.25) is 4.79 Å². The zero-order chi connectivity index (χ0) is 13.8. The van der Waals surface area contributed by atoms with Gasteiger partial charge in [-0.15, -0.1) is 11.3 Å². The van der Waals surface area contributed by atoms with E-state index < -0.39 is 6.10 Å². The van der Waals surface area contributed by atoms with Crippen LogP contribution in [0.4, 0.5) is 0 Å². The molecule has 0 radical (unpaired) electrons. The van der Waals surface area contributed by atoms with Crippen molar-refractivity contribution in [2.75, 3.05) is 13.1 Å². The second-order valence-corrected chi connectivity index (χ2v) is 6.21. The summed E-state index contributed by atoms with van der Waals surface area (Å²) in [5.74, 6) is 0.00265. The van der Waals surface area contributed by atoms with E-state index in [4.69, 9.17) is 5.73 Å². The van der Waals surface area contributed by atoms with E-state index in [1.807, 2.05) is 29.3 Å². The molecule has 4 nitrogen and oxygen atoms in total. The Balaban J connectivity index is 1.97. The lowest BCUT2D eigenvalue weighted by atomic mass is 10.0. The number of aliphatic hydroxyl groups excluding tert-OH is 1. The molecular weight excluding hydrogens is 260 g/mol. The Morgan fingerprint density at radius 3 is 3.11 bits per heavy atom. The van der Waals surface area contributed by atoms with Crippen molar-refractivity contribution in [1.29, 1.82) is 0 Å². The van der Waals surface area contributed by atoms with E-state index in [9.17, 15) is 9.90 Å². The molecule has 1 amide bonds. The first-order valence-electron chi connectivity index (χ1n) is 6.85. The molecule has 19 heavy (non-hydrogen) atoms. The number of nitrogens with two attached hydrogens (primary N) is 1. The lowest BCUT2D eigenvalue weighted by molar-refractivity contribution is -0.136. The van der Waals surface area contributed by atoms with Crippen LogP contribution in [0.5, 0.6) is 0 Å². The van der Waals surface area contributed by atoms with Gasteiger partial charge in [0.15, 0.2) is 0 Å². The second kappa shape index (κ2) is 6.50. The Hall–Kier alpha value is -0.910. The van der Waals surface area contributed by atoms with Crippen molar-refractivity contribution in [1.82, 2.24) is 4.90 Å². The Morgan fingerprint density at radius 1 is 1.68 bits per heavy atom. The van der Waals surface area contributed by atoms with Crippen LogP contribution in [0.3, 0.4) is 0 Å². The van der Waals surface area contributed by atoms with E-state index in [-0.39, 0.29) is 17.9 Å². The third kappa shape index (κ3) is 3.35. The number of hydrogen-bond acceptors (Lipinski definition) is 4. The molecule has 1 aromatic heterocycles. The summed E-state index contributed by atoms with van der Waals surface area (Å²) in [5.41, 5.74) is 5.57. The Morgan fingerprint density at radius 2 is 2.47 bits per heavy atom. The summed E-state index contributed by atoms with van der Waals surface area (Å²) in [6.07, 6.45) is 2.16. The molecule has 2 rings (SSSR count). The average molecular weight is 282 g/mol. The number of thiophene rings is 1. The van der Waals surface area contributed by atoms with Gasteiger partial charge in [0.25, 0.3) is 0 Å². The predicted octanol–water partition coefficient (Wildman–Crippen LogP) is 1.76. The molecule has 1 aliphatic rings. The Bertz CT molecular complexity index is 408. The van der Waals surface area contributed by atoms with Gasteiger partial charge in [0.2, 0.25) is 5.91 Å². The molecule has 0 aromatic carbocycles.